The van der Waals surface area contributed by atoms with Crippen molar-refractivity contribution in [2.75, 3.05) is 25.0 Å². The number of nitrogens with zero attached hydrogens (tertiary/aromatic N) is 2. The summed E-state index contributed by atoms with van der Waals surface area (Å²) in [5.41, 5.74) is 0. The molecule has 2 aliphatic rings. The van der Waals surface area contributed by atoms with E-state index >= 15 is 0 Å². The topological polar surface area (TPSA) is 68.2 Å². The highest BCUT2D eigenvalue weighted by atomic mass is 16.5. The third-order valence-electron chi connectivity index (χ3n) is 3.74. The molecular formula is C13H20N4O2. The lowest BCUT2D eigenvalue weighted by atomic mass is 10.1. The summed E-state index contributed by atoms with van der Waals surface area (Å²) in [6.45, 7) is 2.66. The Kier molecular flexibility index (Phi) is 3.79. The van der Waals surface area contributed by atoms with Gasteiger partial charge in [0.2, 0.25) is 0 Å². The van der Waals surface area contributed by atoms with Crippen molar-refractivity contribution in [2.24, 2.45) is 0 Å². The summed E-state index contributed by atoms with van der Waals surface area (Å²) in [6, 6.07) is 2.25. The van der Waals surface area contributed by atoms with Crippen LogP contribution >= 0.6 is 0 Å². The average molecular weight is 264 g/mol. The van der Waals surface area contributed by atoms with Gasteiger partial charge in [-0.15, -0.1) is 0 Å². The summed E-state index contributed by atoms with van der Waals surface area (Å²) >= 11 is 0. The summed E-state index contributed by atoms with van der Waals surface area (Å²) in [6.07, 6.45) is 5.61. The number of ether oxygens (including phenoxy) is 1. The molecule has 0 radical (unpaired) electrons. The Morgan fingerprint density at radius 1 is 1.47 bits per heavy atom. The van der Waals surface area contributed by atoms with Crippen LogP contribution in [-0.2, 0) is 9.53 Å². The Labute approximate surface area is 112 Å². The number of amides is 1. The summed E-state index contributed by atoms with van der Waals surface area (Å²) in [5.74, 6) is 0.542. The molecule has 19 heavy (non-hydrogen) atoms. The zero-order chi connectivity index (χ0) is 13.1. The van der Waals surface area contributed by atoms with Crippen molar-refractivity contribution < 1.29 is 9.53 Å². The van der Waals surface area contributed by atoms with E-state index in [9.17, 15) is 4.79 Å². The predicted molar refractivity (Wildman–Crippen MR) is 71.0 cm³/mol. The fraction of sp³-hybridized carbons (Fsp3) is 0.692. The number of carbonyl (C=O) groups is 1. The van der Waals surface area contributed by atoms with Gasteiger partial charge in [-0.25, -0.2) is 0 Å². The van der Waals surface area contributed by atoms with E-state index < -0.39 is 0 Å². The summed E-state index contributed by atoms with van der Waals surface area (Å²) in [7, 11) is 0. The van der Waals surface area contributed by atoms with E-state index in [-0.39, 0.29) is 12.0 Å². The lowest BCUT2D eigenvalue weighted by Gasteiger charge is -2.21. The van der Waals surface area contributed by atoms with Crippen LogP contribution in [0.2, 0.25) is 0 Å². The van der Waals surface area contributed by atoms with Crippen molar-refractivity contribution in [1.29, 1.82) is 0 Å². The first-order chi connectivity index (χ1) is 9.33. The van der Waals surface area contributed by atoms with Gasteiger partial charge in [0, 0.05) is 25.4 Å². The number of hydrogen-bond acceptors (Lipinski definition) is 4. The van der Waals surface area contributed by atoms with Crippen molar-refractivity contribution in [3.8, 4) is 0 Å². The maximum absolute atomic E-state index is 12.0. The molecule has 1 amide bonds. The maximum Gasteiger partial charge on any atom is 0.254 e. The van der Waals surface area contributed by atoms with E-state index in [4.69, 9.17) is 4.74 Å². The normalized spacial score (nSPS) is 27.4. The second-order valence-corrected chi connectivity index (χ2v) is 5.17. The van der Waals surface area contributed by atoms with Crippen molar-refractivity contribution in [1.82, 2.24) is 15.1 Å². The predicted octanol–water partition coefficient (Wildman–Crippen LogP) is 0.925. The molecule has 6 nitrogen and oxygen atoms in total. The molecule has 2 fully saturated rings. The molecule has 3 heterocycles. The van der Waals surface area contributed by atoms with Gasteiger partial charge in [-0.3, -0.25) is 9.48 Å². The van der Waals surface area contributed by atoms with Gasteiger partial charge < -0.3 is 15.4 Å². The van der Waals surface area contributed by atoms with E-state index in [0.29, 0.717) is 18.5 Å². The van der Waals surface area contributed by atoms with E-state index in [1.54, 1.807) is 0 Å². The number of carbonyl (C=O) groups excluding carboxylic acids is 1. The summed E-state index contributed by atoms with van der Waals surface area (Å²) in [4.78, 5) is 12.0. The number of rotatable bonds is 3. The van der Waals surface area contributed by atoms with Gasteiger partial charge in [-0.1, -0.05) is 0 Å². The highest BCUT2D eigenvalue weighted by Crippen LogP contribution is 2.17. The van der Waals surface area contributed by atoms with Crippen LogP contribution in [0, 0.1) is 0 Å². The maximum atomic E-state index is 12.0. The third-order valence-corrected chi connectivity index (χ3v) is 3.74. The zero-order valence-electron chi connectivity index (χ0n) is 11.0. The molecule has 0 aromatic carbocycles. The highest BCUT2D eigenvalue weighted by Gasteiger charge is 2.23. The summed E-state index contributed by atoms with van der Waals surface area (Å²) in [5, 5.41) is 10.6. The van der Waals surface area contributed by atoms with Crippen molar-refractivity contribution in [3.63, 3.8) is 0 Å². The molecule has 0 spiro atoms. The molecule has 0 saturated carbocycles. The molecule has 0 aliphatic carbocycles. The largest absolute Gasteiger partial charge is 0.368 e. The van der Waals surface area contributed by atoms with Gasteiger partial charge in [0.15, 0.2) is 5.82 Å². The van der Waals surface area contributed by atoms with Crippen LogP contribution in [0.4, 0.5) is 5.82 Å². The van der Waals surface area contributed by atoms with Crippen LogP contribution in [0.5, 0.6) is 0 Å². The fourth-order valence-electron chi connectivity index (χ4n) is 2.63. The van der Waals surface area contributed by atoms with Gasteiger partial charge in [0.1, 0.15) is 6.10 Å². The Bertz CT molecular complexity index is 434. The highest BCUT2D eigenvalue weighted by molar-refractivity contribution is 5.93. The first-order valence-electron chi connectivity index (χ1n) is 7.01. The number of anilines is 1. The zero-order valence-corrected chi connectivity index (χ0v) is 11.0. The quantitative estimate of drug-likeness (QED) is 0.852. The SMILES string of the molecule is O=C(Nc1ccn([C@@H]2CCNC2)n1)[C@H]1CCCCO1. The van der Waals surface area contributed by atoms with Crippen molar-refractivity contribution in [2.45, 2.75) is 37.8 Å². The molecule has 0 unspecified atom stereocenters. The lowest BCUT2D eigenvalue weighted by Crippen LogP contribution is -2.33. The molecule has 3 rings (SSSR count). The van der Waals surface area contributed by atoms with E-state index in [2.05, 4.69) is 15.7 Å². The molecule has 104 valence electrons. The van der Waals surface area contributed by atoms with Gasteiger partial charge in [0.25, 0.3) is 5.91 Å². The fourth-order valence-corrected chi connectivity index (χ4v) is 2.63. The summed E-state index contributed by atoms with van der Waals surface area (Å²) < 4.78 is 7.39. The van der Waals surface area contributed by atoms with Crippen LogP contribution in [0.3, 0.4) is 0 Å². The standard InChI is InChI=1S/C13H20N4O2/c18-13(11-3-1-2-8-19-11)15-12-5-7-17(16-12)10-4-6-14-9-10/h5,7,10-11,14H,1-4,6,8-9H2,(H,15,16,18)/t10-,11-/m1/s1. The van der Waals surface area contributed by atoms with Gasteiger partial charge in [-0.2, -0.15) is 5.10 Å². The molecule has 2 aliphatic heterocycles. The molecular weight excluding hydrogens is 244 g/mol. The van der Waals surface area contributed by atoms with E-state index in [1.165, 1.54) is 0 Å². The Balaban J connectivity index is 1.58. The first kappa shape index (κ1) is 12.6. The molecule has 6 heteroatoms. The molecule has 0 bridgehead atoms. The first-order valence-corrected chi connectivity index (χ1v) is 7.01. The van der Waals surface area contributed by atoms with Crippen molar-refractivity contribution in [3.05, 3.63) is 12.3 Å². The Morgan fingerprint density at radius 2 is 2.42 bits per heavy atom. The van der Waals surface area contributed by atoms with Crippen LogP contribution in [0.1, 0.15) is 31.7 Å². The molecule has 2 N–H and O–H groups in total. The lowest BCUT2D eigenvalue weighted by molar-refractivity contribution is -0.130. The Morgan fingerprint density at radius 3 is 3.16 bits per heavy atom. The molecule has 2 atom stereocenters. The molecule has 1 aromatic rings. The van der Waals surface area contributed by atoms with Crippen LogP contribution in [0.15, 0.2) is 12.3 Å². The second kappa shape index (κ2) is 5.71. The minimum atomic E-state index is -0.313. The van der Waals surface area contributed by atoms with E-state index in [0.717, 1.165) is 38.8 Å². The van der Waals surface area contributed by atoms with Crippen LogP contribution < -0.4 is 10.6 Å². The smallest absolute Gasteiger partial charge is 0.254 e. The van der Waals surface area contributed by atoms with E-state index in [1.807, 2.05) is 16.9 Å². The second-order valence-electron chi connectivity index (χ2n) is 5.17. The molecule has 1 aromatic heterocycles. The number of nitrogens with one attached hydrogen (secondary N) is 2. The average Bonchev–Trinajstić information content (AvgIpc) is 3.10. The van der Waals surface area contributed by atoms with Crippen molar-refractivity contribution >= 4 is 11.7 Å². The van der Waals surface area contributed by atoms with Gasteiger partial charge in [0.05, 0.1) is 6.04 Å². The van der Waals surface area contributed by atoms with Crippen LogP contribution in [0.25, 0.3) is 0 Å². The number of aromatic nitrogens is 2. The monoisotopic (exact) mass is 264 g/mol. The van der Waals surface area contributed by atoms with Crippen LogP contribution in [-0.4, -0.2) is 41.5 Å². The van der Waals surface area contributed by atoms with Gasteiger partial charge >= 0.3 is 0 Å². The van der Waals surface area contributed by atoms with Gasteiger partial charge in [-0.05, 0) is 32.2 Å². The Hall–Kier alpha value is -1.40. The minimum absolute atomic E-state index is 0.0745. The third kappa shape index (κ3) is 2.96. The number of hydrogen-bond donors (Lipinski definition) is 2. The molecule has 2 saturated heterocycles. The minimum Gasteiger partial charge on any atom is -0.368 e.